The summed E-state index contributed by atoms with van der Waals surface area (Å²) >= 11 is 1.13. The molecule has 1 N–H and O–H groups in total. The first-order chi connectivity index (χ1) is 17.4. The van der Waals surface area contributed by atoms with Crippen LogP contribution in [0.4, 0.5) is 24.0 Å². The number of thiazole rings is 1. The number of hydrogen-bond donors (Lipinski definition) is 1. The van der Waals surface area contributed by atoms with Gasteiger partial charge >= 0.3 is 6.18 Å². The number of sulfonamides is 1. The third kappa shape index (κ3) is 5.41. The van der Waals surface area contributed by atoms with Crippen LogP contribution in [0.1, 0.15) is 29.0 Å². The van der Waals surface area contributed by atoms with Gasteiger partial charge in [0.05, 0.1) is 28.6 Å². The lowest BCUT2D eigenvalue weighted by Gasteiger charge is -2.34. The number of nitrogens with one attached hydrogen (secondary N) is 1. The average Bonchev–Trinajstić information content (AvgIpc) is 3.35. The summed E-state index contributed by atoms with van der Waals surface area (Å²) in [5.41, 5.74) is 0.754. The van der Waals surface area contributed by atoms with Crippen molar-refractivity contribution in [2.75, 3.05) is 40.8 Å². The van der Waals surface area contributed by atoms with Crippen LogP contribution in [0.25, 0.3) is 0 Å². The summed E-state index contributed by atoms with van der Waals surface area (Å²) in [7, 11) is -7.17. The second kappa shape index (κ2) is 9.48. The number of alkyl halides is 3. The number of halogens is 3. The Balaban J connectivity index is 1.53. The fourth-order valence-electron chi connectivity index (χ4n) is 4.55. The van der Waals surface area contributed by atoms with Gasteiger partial charge in [-0.25, -0.2) is 21.8 Å². The Morgan fingerprint density at radius 2 is 1.81 bits per heavy atom. The Hall–Kier alpha value is -2.84. The van der Waals surface area contributed by atoms with Crippen molar-refractivity contribution in [1.82, 2.24) is 4.98 Å². The maximum Gasteiger partial charge on any atom is 0.416 e. The molecule has 0 saturated carbocycles. The lowest BCUT2D eigenvalue weighted by Crippen LogP contribution is -2.41. The summed E-state index contributed by atoms with van der Waals surface area (Å²) in [5, 5.41) is 1.85. The summed E-state index contributed by atoms with van der Waals surface area (Å²) in [5.74, 6) is -0.325. The number of anilines is 2. The third-order valence-corrected chi connectivity index (χ3v) is 10.2. The summed E-state index contributed by atoms with van der Waals surface area (Å²) in [6, 6.07) is 7.94. The van der Waals surface area contributed by atoms with Gasteiger partial charge in [-0.1, -0.05) is 12.1 Å². The van der Waals surface area contributed by atoms with Crippen LogP contribution in [-0.4, -0.2) is 53.0 Å². The molecule has 2 aliphatic heterocycles. The largest absolute Gasteiger partial charge is 0.493 e. The molecule has 8 nitrogen and oxygen atoms in total. The van der Waals surface area contributed by atoms with Crippen LogP contribution < -0.4 is 14.4 Å². The molecule has 0 aliphatic carbocycles. The Morgan fingerprint density at radius 3 is 2.49 bits per heavy atom. The lowest BCUT2D eigenvalue weighted by atomic mass is 9.85. The standard InChI is InChI=1S/C23H22F3N3O5S3/c24-23(25,26)15-1-3-18(20(13-15)29-7-11-36(30,31)12-8-29)17-5-9-34-21-14-16(2-4-19(17)21)37(32,33)28-22-27-6-10-35-22/h1-4,6,10,13-14,17H,5,7-9,11-12H2,(H,27,28)/t17-/m1/s1. The Labute approximate surface area is 216 Å². The van der Waals surface area contributed by atoms with E-state index in [4.69, 9.17) is 4.74 Å². The van der Waals surface area contributed by atoms with Crippen molar-refractivity contribution < 1.29 is 34.7 Å². The van der Waals surface area contributed by atoms with Crippen molar-refractivity contribution in [3.8, 4) is 5.75 Å². The van der Waals surface area contributed by atoms with E-state index in [0.29, 0.717) is 29.0 Å². The Bertz CT molecular complexity index is 1510. The summed E-state index contributed by atoms with van der Waals surface area (Å²) in [6.07, 6.45) is -2.63. The zero-order valence-corrected chi connectivity index (χ0v) is 21.7. The van der Waals surface area contributed by atoms with Crippen molar-refractivity contribution in [3.63, 3.8) is 0 Å². The SMILES string of the molecule is O=S1(=O)CCN(c2cc(C(F)(F)F)ccc2[C@H]2CCOc3cc(S(=O)(=O)Nc4nccs4)ccc32)CC1. The zero-order chi connectivity index (χ0) is 26.4. The number of ether oxygens (including phenoxy) is 1. The van der Waals surface area contributed by atoms with E-state index in [2.05, 4.69) is 9.71 Å². The predicted molar refractivity (Wildman–Crippen MR) is 134 cm³/mol. The van der Waals surface area contributed by atoms with E-state index in [1.807, 2.05) is 0 Å². The second-order valence-corrected chi connectivity index (χ2v) is 13.6. The van der Waals surface area contributed by atoms with Gasteiger partial charge in [-0.3, -0.25) is 4.72 Å². The maximum atomic E-state index is 13.6. The van der Waals surface area contributed by atoms with Gasteiger partial charge in [-0.15, -0.1) is 11.3 Å². The topological polar surface area (TPSA) is 106 Å². The van der Waals surface area contributed by atoms with E-state index in [-0.39, 0.29) is 47.1 Å². The molecule has 1 saturated heterocycles. The molecule has 0 amide bonds. The average molecular weight is 574 g/mol. The van der Waals surface area contributed by atoms with Crippen molar-refractivity contribution in [2.24, 2.45) is 0 Å². The molecule has 14 heteroatoms. The van der Waals surface area contributed by atoms with Gasteiger partial charge in [0.25, 0.3) is 10.0 Å². The first-order valence-electron chi connectivity index (χ1n) is 11.3. The van der Waals surface area contributed by atoms with Crippen LogP contribution in [0.3, 0.4) is 0 Å². The number of sulfone groups is 1. The molecule has 198 valence electrons. The molecule has 1 aromatic heterocycles. The zero-order valence-electron chi connectivity index (χ0n) is 19.2. The molecule has 3 aromatic rings. The van der Waals surface area contributed by atoms with Gasteiger partial charge < -0.3 is 9.64 Å². The van der Waals surface area contributed by atoms with Crippen LogP contribution in [-0.2, 0) is 26.0 Å². The van der Waals surface area contributed by atoms with Crippen LogP contribution in [0.2, 0.25) is 0 Å². The van der Waals surface area contributed by atoms with Crippen LogP contribution in [0.15, 0.2) is 52.9 Å². The number of hydrogen-bond acceptors (Lipinski definition) is 8. The van der Waals surface area contributed by atoms with Crippen molar-refractivity contribution in [3.05, 3.63) is 64.7 Å². The summed E-state index contributed by atoms with van der Waals surface area (Å²) in [6.45, 7) is 0.411. The molecule has 5 rings (SSSR count). The quantitative estimate of drug-likeness (QED) is 0.490. The minimum Gasteiger partial charge on any atom is -0.493 e. The fourth-order valence-corrected chi connectivity index (χ4v) is 7.55. The Morgan fingerprint density at radius 1 is 1.08 bits per heavy atom. The van der Waals surface area contributed by atoms with E-state index >= 15 is 0 Å². The minimum atomic E-state index is -4.56. The molecule has 37 heavy (non-hydrogen) atoms. The van der Waals surface area contributed by atoms with Gasteiger partial charge in [-0.2, -0.15) is 13.2 Å². The second-order valence-electron chi connectivity index (χ2n) is 8.74. The molecule has 0 spiro atoms. The highest BCUT2D eigenvalue weighted by Gasteiger charge is 2.35. The van der Waals surface area contributed by atoms with Gasteiger partial charge in [0.15, 0.2) is 15.0 Å². The molecular weight excluding hydrogens is 551 g/mol. The van der Waals surface area contributed by atoms with Gasteiger partial charge in [-0.05, 0) is 30.2 Å². The van der Waals surface area contributed by atoms with Gasteiger partial charge in [0, 0.05) is 47.9 Å². The first-order valence-corrected chi connectivity index (χ1v) is 15.5. The molecule has 2 aromatic carbocycles. The maximum absolute atomic E-state index is 13.6. The predicted octanol–water partition coefficient (Wildman–Crippen LogP) is 4.11. The van der Waals surface area contributed by atoms with Gasteiger partial charge in [0.1, 0.15) is 5.75 Å². The number of rotatable bonds is 5. The van der Waals surface area contributed by atoms with Crippen LogP contribution in [0.5, 0.6) is 5.75 Å². The highest BCUT2D eigenvalue weighted by Crippen LogP contribution is 2.44. The fraction of sp³-hybridized carbons (Fsp3) is 0.348. The molecule has 2 aliphatic rings. The number of benzene rings is 2. The van der Waals surface area contributed by atoms with Gasteiger partial charge in [0.2, 0.25) is 0 Å². The lowest BCUT2D eigenvalue weighted by molar-refractivity contribution is -0.137. The van der Waals surface area contributed by atoms with E-state index in [1.165, 1.54) is 24.4 Å². The molecule has 0 bridgehead atoms. The summed E-state index contributed by atoms with van der Waals surface area (Å²) < 4.78 is 98.4. The highest BCUT2D eigenvalue weighted by molar-refractivity contribution is 7.93. The van der Waals surface area contributed by atoms with E-state index in [9.17, 15) is 30.0 Å². The molecular formula is C23H22F3N3O5S3. The highest BCUT2D eigenvalue weighted by atomic mass is 32.2. The summed E-state index contributed by atoms with van der Waals surface area (Å²) in [4.78, 5) is 5.57. The third-order valence-electron chi connectivity index (χ3n) is 6.41. The smallest absolute Gasteiger partial charge is 0.416 e. The monoisotopic (exact) mass is 573 g/mol. The molecule has 0 unspecified atom stereocenters. The molecule has 0 radical (unpaired) electrons. The normalized spacial score (nSPS) is 19.6. The van der Waals surface area contributed by atoms with E-state index < -0.39 is 31.6 Å². The molecule has 1 atom stereocenters. The molecule has 1 fully saturated rings. The first kappa shape index (κ1) is 25.8. The number of aromatic nitrogens is 1. The number of fused-ring (bicyclic) bond motifs is 1. The van der Waals surface area contributed by atoms with E-state index in [0.717, 1.165) is 23.5 Å². The number of nitrogens with zero attached hydrogens (tertiary/aromatic N) is 2. The Kier molecular flexibility index (Phi) is 6.61. The van der Waals surface area contributed by atoms with Crippen molar-refractivity contribution in [1.29, 1.82) is 0 Å². The minimum absolute atomic E-state index is 0.0315. The van der Waals surface area contributed by atoms with Crippen molar-refractivity contribution in [2.45, 2.75) is 23.4 Å². The van der Waals surface area contributed by atoms with Crippen LogP contribution >= 0.6 is 11.3 Å². The van der Waals surface area contributed by atoms with Crippen molar-refractivity contribution >= 4 is 42.0 Å². The van der Waals surface area contributed by atoms with E-state index in [1.54, 1.807) is 16.3 Å². The van der Waals surface area contributed by atoms with Crippen LogP contribution in [0, 0.1) is 0 Å². The molecule has 3 heterocycles.